The minimum Gasteiger partial charge on any atom is -0.466 e. The minimum absolute atomic E-state index is 0.0186. The molecule has 0 bridgehead atoms. The summed E-state index contributed by atoms with van der Waals surface area (Å²) < 4.78 is 4.73. The molecule has 0 unspecified atom stereocenters. The van der Waals surface area contributed by atoms with Crippen LogP contribution in [0.15, 0.2) is 18.2 Å². The molecule has 1 aromatic rings. The molecule has 0 atom stereocenters. The summed E-state index contributed by atoms with van der Waals surface area (Å²) in [5, 5.41) is 10.8. The number of hydrogen-bond donors (Lipinski definition) is 0. The minimum atomic E-state index is -0.555. The molecule has 0 saturated heterocycles. The third-order valence-electron chi connectivity index (χ3n) is 1.81. The molecule has 0 radical (unpaired) electrons. The molecule has 5 nitrogen and oxygen atoms in total. The van der Waals surface area contributed by atoms with Gasteiger partial charge in [-0.3, -0.25) is 14.9 Å². The van der Waals surface area contributed by atoms with E-state index in [2.05, 4.69) is 0 Å². The SMILES string of the molecule is CCOC(=O)Cc1cc(Cl)cc([N+](=O)[O-])c1. The summed E-state index contributed by atoms with van der Waals surface area (Å²) in [7, 11) is 0. The van der Waals surface area contributed by atoms with Crippen LogP contribution in [0.4, 0.5) is 5.69 Å². The van der Waals surface area contributed by atoms with E-state index in [1.165, 1.54) is 18.2 Å². The van der Waals surface area contributed by atoms with Crippen LogP contribution in [0.1, 0.15) is 12.5 Å². The van der Waals surface area contributed by atoms with Gasteiger partial charge in [-0.15, -0.1) is 0 Å². The molecule has 0 N–H and O–H groups in total. The van der Waals surface area contributed by atoms with E-state index in [1.54, 1.807) is 6.92 Å². The zero-order chi connectivity index (χ0) is 12.1. The first-order valence-corrected chi connectivity index (χ1v) is 5.00. The van der Waals surface area contributed by atoms with Crippen molar-refractivity contribution in [3.05, 3.63) is 38.9 Å². The van der Waals surface area contributed by atoms with Crippen molar-refractivity contribution in [2.75, 3.05) is 6.61 Å². The van der Waals surface area contributed by atoms with Gasteiger partial charge in [0.15, 0.2) is 0 Å². The molecule has 1 aromatic carbocycles. The molecule has 1 rings (SSSR count). The number of hydrogen-bond acceptors (Lipinski definition) is 4. The Balaban J connectivity index is 2.88. The number of ether oxygens (including phenoxy) is 1. The van der Waals surface area contributed by atoms with E-state index in [9.17, 15) is 14.9 Å². The van der Waals surface area contributed by atoms with E-state index in [4.69, 9.17) is 16.3 Å². The highest BCUT2D eigenvalue weighted by Crippen LogP contribution is 2.21. The number of rotatable bonds is 4. The first-order chi connectivity index (χ1) is 7.52. The Kier molecular flexibility index (Phi) is 4.25. The van der Waals surface area contributed by atoms with E-state index in [0.717, 1.165) is 0 Å². The van der Waals surface area contributed by atoms with Crippen molar-refractivity contribution in [3.63, 3.8) is 0 Å². The average molecular weight is 244 g/mol. The lowest BCUT2D eigenvalue weighted by Crippen LogP contribution is -2.07. The van der Waals surface area contributed by atoms with Gasteiger partial charge < -0.3 is 4.74 Å². The summed E-state index contributed by atoms with van der Waals surface area (Å²) in [6.45, 7) is 1.97. The molecule has 0 amide bonds. The normalized spacial score (nSPS) is 9.88. The summed E-state index contributed by atoms with van der Waals surface area (Å²) in [6, 6.07) is 4.05. The second-order valence-corrected chi connectivity index (χ2v) is 3.49. The first-order valence-electron chi connectivity index (χ1n) is 4.62. The van der Waals surface area contributed by atoms with E-state index in [1.807, 2.05) is 0 Å². The molecule has 0 aromatic heterocycles. The fourth-order valence-electron chi connectivity index (χ4n) is 1.22. The van der Waals surface area contributed by atoms with E-state index in [0.29, 0.717) is 5.56 Å². The molecule has 0 heterocycles. The zero-order valence-corrected chi connectivity index (χ0v) is 9.36. The van der Waals surface area contributed by atoms with Crippen molar-refractivity contribution < 1.29 is 14.5 Å². The Morgan fingerprint density at radius 2 is 2.19 bits per heavy atom. The van der Waals surface area contributed by atoms with E-state index < -0.39 is 10.9 Å². The van der Waals surface area contributed by atoms with Gasteiger partial charge >= 0.3 is 5.97 Å². The smallest absolute Gasteiger partial charge is 0.310 e. The van der Waals surface area contributed by atoms with E-state index in [-0.39, 0.29) is 23.7 Å². The van der Waals surface area contributed by atoms with Crippen LogP contribution in [0, 0.1) is 10.1 Å². The number of esters is 1. The molecule has 0 spiro atoms. The van der Waals surface area contributed by atoms with Crippen molar-refractivity contribution >= 4 is 23.3 Å². The number of non-ortho nitro benzene ring substituents is 1. The summed E-state index contributed by atoms with van der Waals surface area (Å²) >= 11 is 5.70. The average Bonchev–Trinajstić information content (AvgIpc) is 2.16. The van der Waals surface area contributed by atoms with Crippen molar-refractivity contribution in [3.8, 4) is 0 Å². The highest BCUT2D eigenvalue weighted by molar-refractivity contribution is 6.30. The van der Waals surface area contributed by atoms with Gasteiger partial charge in [-0.05, 0) is 18.6 Å². The summed E-state index contributed by atoms with van der Waals surface area (Å²) in [4.78, 5) is 21.2. The Labute approximate surface area is 97.1 Å². The number of nitro groups is 1. The lowest BCUT2D eigenvalue weighted by atomic mass is 10.1. The molecule has 0 fully saturated rings. The van der Waals surface area contributed by atoms with Gasteiger partial charge in [0, 0.05) is 17.2 Å². The molecule has 86 valence electrons. The number of nitrogens with zero attached hydrogens (tertiary/aromatic N) is 1. The zero-order valence-electron chi connectivity index (χ0n) is 8.60. The van der Waals surface area contributed by atoms with Crippen LogP contribution in [0.2, 0.25) is 5.02 Å². The largest absolute Gasteiger partial charge is 0.466 e. The molecule has 16 heavy (non-hydrogen) atoms. The molecule has 0 saturated carbocycles. The predicted octanol–water partition coefficient (Wildman–Crippen LogP) is 2.35. The summed E-state index contributed by atoms with van der Waals surface area (Å²) in [5.74, 6) is -0.431. The number of nitro benzene ring substituents is 1. The quantitative estimate of drug-likeness (QED) is 0.462. The maximum Gasteiger partial charge on any atom is 0.310 e. The monoisotopic (exact) mass is 243 g/mol. The second-order valence-electron chi connectivity index (χ2n) is 3.06. The molecule has 6 heteroatoms. The van der Waals surface area contributed by atoms with Crippen LogP contribution >= 0.6 is 11.6 Å². The number of carbonyl (C=O) groups excluding carboxylic acids is 1. The number of carbonyl (C=O) groups is 1. The molecular formula is C10H10ClNO4. The van der Waals surface area contributed by atoms with Crippen LogP contribution in [-0.2, 0) is 16.0 Å². The van der Waals surface area contributed by atoms with Gasteiger partial charge in [-0.1, -0.05) is 11.6 Å². The topological polar surface area (TPSA) is 69.4 Å². The van der Waals surface area contributed by atoms with Crippen molar-refractivity contribution in [1.82, 2.24) is 0 Å². The standard InChI is InChI=1S/C10H10ClNO4/c1-2-16-10(13)5-7-3-8(11)6-9(4-7)12(14)15/h3-4,6H,2,5H2,1H3. The van der Waals surface area contributed by atoms with Gasteiger partial charge in [-0.25, -0.2) is 0 Å². The maximum absolute atomic E-state index is 11.2. The van der Waals surface area contributed by atoms with Crippen molar-refractivity contribution in [2.45, 2.75) is 13.3 Å². The second kappa shape index (κ2) is 5.46. The number of benzene rings is 1. The van der Waals surface area contributed by atoms with Crippen molar-refractivity contribution in [1.29, 1.82) is 0 Å². The predicted molar refractivity (Wildman–Crippen MR) is 58.4 cm³/mol. The molecule has 0 aliphatic rings. The van der Waals surface area contributed by atoms with Crippen LogP contribution in [-0.4, -0.2) is 17.5 Å². The van der Waals surface area contributed by atoms with E-state index >= 15 is 0 Å². The van der Waals surface area contributed by atoms with Gasteiger partial charge in [0.1, 0.15) is 0 Å². The van der Waals surface area contributed by atoms with Crippen molar-refractivity contribution in [2.24, 2.45) is 0 Å². The first kappa shape index (κ1) is 12.4. The van der Waals surface area contributed by atoms with Gasteiger partial charge in [-0.2, -0.15) is 0 Å². The third kappa shape index (κ3) is 3.51. The van der Waals surface area contributed by atoms with Crippen LogP contribution in [0.5, 0.6) is 0 Å². The summed E-state index contributed by atoms with van der Waals surface area (Å²) in [5.41, 5.74) is 0.337. The molecule has 0 aliphatic carbocycles. The fourth-order valence-corrected chi connectivity index (χ4v) is 1.47. The summed E-state index contributed by atoms with van der Waals surface area (Å²) in [6.07, 6.45) is -0.0186. The Morgan fingerprint density at radius 1 is 1.50 bits per heavy atom. The van der Waals surface area contributed by atoms with Gasteiger partial charge in [0.25, 0.3) is 5.69 Å². The Hall–Kier alpha value is -1.62. The van der Waals surface area contributed by atoms with Crippen LogP contribution in [0.25, 0.3) is 0 Å². The van der Waals surface area contributed by atoms with Crippen LogP contribution in [0.3, 0.4) is 0 Å². The highest BCUT2D eigenvalue weighted by atomic mass is 35.5. The third-order valence-corrected chi connectivity index (χ3v) is 2.03. The van der Waals surface area contributed by atoms with Gasteiger partial charge in [0.2, 0.25) is 0 Å². The molecular weight excluding hydrogens is 234 g/mol. The fraction of sp³-hybridized carbons (Fsp3) is 0.300. The van der Waals surface area contributed by atoms with Gasteiger partial charge in [0.05, 0.1) is 18.0 Å². The lowest BCUT2D eigenvalue weighted by Gasteiger charge is -2.02. The molecule has 0 aliphatic heterocycles. The highest BCUT2D eigenvalue weighted by Gasteiger charge is 2.11. The Morgan fingerprint density at radius 3 is 2.75 bits per heavy atom. The lowest BCUT2D eigenvalue weighted by molar-refractivity contribution is -0.384. The maximum atomic E-state index is 11.2. The van der Waals surface area contributed by atoms with Crippen LogP contribution < -0.4 is 0 Å². The Bertz CT molecular complexity index is 419. The number of halogens is 1.